The van der Waals surface area contributed by atoms with Crippen LogP contribution >= 0.6 is 0 Å². The molecule has 1 fully saturated rings. The first-order chi connectivity index (χ1) is 17.5. The number of hydrogen-bond acceptors (Lipinski definition) is 6. The van der Waals surface area contributed by atoms with Gasteiger partial charge in [0, 0.05) is 25.7 Å². The van der Waals surface area contributed by atoms with E-state index in [2.05, 4.69) is 18.7 Å². The van der Waals surface area contributed by atoms with E-state index in [9.17, 15) is 9.59 Å². The number of esters is 1. The van der Waals surface area contributed by atoms with Crippen molar-refractivity contribution < 1.29 is 19.1 Å². The van der Waals surface area contributed by atoms with Crippen LogP contribution in [0.3, 0.4) is 0 Å². The number of likely N-dealkylation sites (tertiary alicyclic amines) is 1. The van der Waals surface area contributed by atoms with Crippen molar-refractivity contribution in [1.82, 2.24) is 9.80 Å². The van der Waals surface area contributed by atoms with E-state index in [1.54, 1.807) is 11.9 Å². The topological polar surface area (TPSA) is 85.1 Å². The summed E-state index contributed by atoms with van der Waals surface area (Å²) in [4.78, 5) is 30.4. The zero-order valence-electron chi connectivity index (χ0n) is 23.1. The number of rotatable bonds is 9. The van der Waals surface area contributed by atoms with Gasteiger partial charge in [0.25, 0.3) is 0 Å². The lowest BCUT2D eigenvalue weighted by Gasteiger charge is -2.38. The fraction of sp³-hybridized carbons (Fsp3) is 0.533. The number of amides is 1. The van der Waals surface area contributed by atoms with Crippen LogP contribution < -0.4 is 5.73 Å². The van der Waals surface area contributed by atoms with Crippen LogP contribution in [0.1, 0.15) is 58.6 Å². The molecule has 7 heteroatoms. The molecular formula is C30H43N3O4. The molecule has 0 radical (unpaired) electrons. The number of nitrogens with two attached hydrogens (primary N) is 1. The number of carbonyl (C=O) groups is 2. The summed E-state index contributed by atoms with van der Waals surface area (Å²) in [6, 6.07) is 18.3. The smallest absolute Gasteiger partial charge is 0.410 e. The van der Waals surface area contributed by atoms with Gasteiger partial charge in [-0.3, -0.25) is 9.69 Å². The first-order valence-corrected chi connectivity index (χ1v) is 13.2. The van der Waals surface area contributed by atoms with Crippen molar-refractivity contribution in [2.24, 2.45) is 11.7 Å². The summed E-state index contributed by atoms with van der Waals surface area (Å²) in [5, 5.41) is 0. The Hall–Kier alpha value is -2.90. The summed E-state index contributed by atoms with van der Waals surface area (Å²) >= 11 is 0. The highest BCUT2D eigenvalue weighted by atomic mass is 16.6. The van der Waals surface area contributed by atoms with Crippen LogP contribution in [0.15, 0.2) is 60.7 Å². The van der Waals surface area contributed by atoms with Gasteiger partial charge in [0.2, 0.25) is 0 Å². The molecule has 37 heavy (non-hydrogen) atoms. The Labute approximate surface area is 221 Å². The monoisotopic (exact) mass is 509 g/mol. The molecule has 1 saturated heterocycles. The molecule has 0 saturated carbocycles. The van der Waals surface area contributed by atoms with E-state index in [1.165, 1.54) is 0 Å². The van der Waals surface area contributed by atoms with Crippen LogP contribution in [-0.4, -0.2) is 58.7 Å². The molecule has 0 bridgehead atoms. The van der Waals surface area contributed by atoms with Crippen molar-refractivity contribution in [1.29, 1.82) is 0 Å². The fourth-order valence-corrected chi connectivity index (χ4v) is 5.10. The Bertz CT molecular complexity index is 1010. The van der Waals surface area contributed by atoms with Gasteiger partial charge in [-0.15, -0.1) is 0 Å². The summed E-state index contributed by atoms with van der Waals surface area (Å²) in [7, 11) is 1.74. The quantitative estimate of drug-likeness (QED) is 0.480. The summed E-state index contributed by atoms with van der Waals surface area (Å²) in [6.45, 7) is 10.6. The fourth-order valence-electron chi connectivity index (χ4n) is 5.10. The summed E-state index contributed by atoms with van der Waals surface area (Å²) in [5.74, 6) is 0.0730. The van der Waals surface area contributed by atoms with Gasteiger partial charge in [-0.2, -0.15) is 0 Å². The number of carbonyl (C=O) groups excluding carboxylic acids is 2. The van der Waals surface area contributed by atoms with Gasteiger partial charge in [-0.1, -0.05) is 74.5 Å². The second-order valence-corrected chi connectivity index (χ2v) is 11.4. The molecule has 2 aromatic carbocycles. The normalized spacial score (nSPS) is 21.0. The third-order valence-corrected chi connectivity index (χ3v) is 6.70. The van der Waals surface area contributed by atoms with Crippen molar-refractivity contribution in [3.8, 4) is 0 Å². The minimum absolute atomic E-state index is 0.183. The largest absolute Gasteiger partial charge is 0.459 e. The highest BCUT2D eigenvalue weighted by Crippen LogP contribution is 2.34. The predicted molar refractivity (Wildman–Crippen MR) is 146 cm³/mol. The second kappa shape index (κ2) is 12.6. The maximum absolute atomic E-state index is 13.5. The Morgan fingerprint density at radius 1 is 1.03 bits per heavy atom. The molecule has 2 N–H and O–H groups in total. The zero-order valence-corrected chi connectivity index (χ0v) is 23.1. The summed E-state index contributed by atoms with van der Waals surface area (Å²) in [6.07, 6.45) is 0.760. The molecule has 4 atom stereocenters. The maximum atomic E-state index is 13.5. The van der Waals surface area contributed by atoms with Gasteiger partial charge >= 0.3 is 12.1 Å². The Balaban J connectivity index is 1.91. The Kier molecular flexibility index (Phi) is 9.74. The van der Waals surface area contributed by atoms with E-state index in [-0.39, 0.29) is 30.7 Å². The molecule has 3 rings (SSSR count). The molecule has 1 amide bonds. The van der Waals surface area contributed by atoms with Crippen LogP contribution in [0.2, 0.25) is 0 Å². The highest BCUT2D eigenvalue weighted by Gasteiger charge is 2.50. The van der Waals surface area contributed by atoms with Crippen molar-refractivity contribution in [3.63, 3.8) is 0 Å². The van der Waals surface area contributed by atoms with Gasteiger partial charge in [0.05, 0.1) is 6.04 Å². The average Bonchev–Trinajstić information content (AvgIpc) is 3.21. The number of hydrogen-bond donors (Lipinski definition) is 1. The average molecular weight is 510 g/mol. The van der Waals surface area contributed by atoms with Gasteiger partial charge < -0.3 is 20.1 Å². The highest BCUT2D eigenvalue weighted by molar-refractivity contribution is 5.77. The number of ether oxygens (including phenoxy) is 2. The molecule has 2 aromatic rings. The van der Waals surface area contributed by atoms with E-state index < -0.39 is 17.7 Å². The standard InChI is InChI=1S/C30H43N3O4/c1-21(2)17-24(31)27-25(32(6)29(35)36-20-23-15-11-8-12-16-23)18-26(28(34)37-30(3,4)5)33(27)19-22-13-9-7-10-14-22/h7-16,21,24-27H,17-20,31H2,1-6H3/t24?,25-,26-,27?/m1/s1. The van der Waals surface area contributed by atoms with E-state index in [0.717, 1.165) is 17.5 Å². The lowest BCUT2D eigenvalue weighted by Crippen LogP contribution is -2.56. The van der Waals surface area contributed by atoms with Crippen molar-refractivity contribution in [2.75, 3.05) is 7.05 Å². The van der Waals surface area contributed by atoms with Crippen LogP contribution in [0.5, 0.6) is 0 Å². The van der Waals surface area contributed by atoms with E-state index in [0.29, 0.717) is 18.9 Å². The third kappa shape index (κ3) is 8.04. The van der Waals surface area contributed by atoms with Crippen molar-refractivity contribution in [3.05, 3.63) is 71.8 Å². The van der Waals surface area contributed by atoms with Crippen LogP contribution in [0.25, 0.3) is 0 Å². The van der Waals surface area contributed by atoms with Gasteiger partial charge in [-0.05, 0) is 50.7 Å². The number of likely N-dealkylation sites (N-methyl/N-ethyl adjacent to an activating group) is 1. The Morgan fingerprint density at radius 2 is 1.59 bits per heavy atom. The van der Waals surface area contributed by atoms with E-state index in [4.69, 9.17) is 15.2 Å². The Morgan fingerprint density at radius 3 is 2.14 bits per heavy atom. The van der Waals surface area contributed by atoms with Crippen LogP contribution in [0.4, 0.5) is 4.79 Å². The summed E-state index contributed by atoms with van der Waals surface area (Å²) in [5.41, 5.74) is 8.21. The molecule has 1 heterocycles. The van der Waals surface area contributed by atoms with E-state index >= 15 is 0 Å². The number of nitrogens with zero attached hydrogens (tertiary/aromatic N) is 2. The van der Waals surface area contributed by atoms with Gasteiger partial charge in [0.1, 0.15) is 18.2 Å². The van der Waals surface area contributed by atoms with Crippen LogP contribution in [0, 0.1) is 5.92 Å². The molecule has 0 spiro atoms. The molecule has 1 aliphatic heterocycles. The molecule has 1 aliphatic rings. The van der Waals surface area contributed by atoms with Crippen LogP contribution in [-0.2, 0) is 27.4 Å². The molecule has 0 aliphatic carbocycles. The van der Waals surface area contributed by atoms with Crippen molar-refractivity contribution >= 4 is 12.1 Å². The minimum atomic E-state index is -0.621. The molecular weight excluding hydrogens is 466 g/mol. The zero-order chi connectivity index (χ0) is 27.2. The summed E-state index contributed by atoms with van der Waals surface area (Å²) < 4.78 is 11.5. The first kappa shape index (κ1) is 28.7. The predicted octanol–water partition coefficient (Wildman–Crippen LogP) is 4.98. The second-order valence-electron chi connectivity index (χ2n) is 11.4. The van der Waals surface area contributed by atoms with Crippen molar-refractivity contribution in [2.45, 2.75) is 90.4 Å². The molecule has 202 valence electrons. The molecule has 2 unspecified atom stereocenters. The van der Waals surface area contributed by atoms with Gasteiger partial charge in [-0.25, -0.2) is 4.79 Å². The lowest BCUT2D eigenvalue weighted by atomic mass is 9.93. The SMILES string of the molecule is CC(C)CC(N)C1[C@H](N(C)C(=O)OCc2ccccc2)C[C@H](C(=O)OC(C)(C)C)N1Cc1ccccc1. The van der Waals surface area contributed by atoms with E-state index in [1.807, 2.05) is 81.4 Å². The lowest BCUT2D eigenvalue weighted by molar-refractivity contribution is -0.161. The van der Waals surface area contributed by atoms with Gasteiger partial charge in [0.15, 0.2) is 0 Å². The molecule has 7 nitrogen and oxygen atoms in total. The molecule has 0 aromatic heterocycles. The first-order valence-electron chi connectivity index (χ1n) is 13.2. The minimum Gasteiger partial charge on any atom is -0.459 e. The third-order valence-electron chi connectivity index (χ3n) is 6.70. The maximum Gasteiger partial charge on any atom is 0.410 e. The number of benzene rings is 2.